The van der Waals surface area contributed by atoms with Crippen LogP contribution in [0.2, 0.25) is 0 Å². The van der Waals surface area contributed by atoms with Gasteiger partial charge in [0, 0.05) is 17.7 Å². The van der Waals surface area contributed by atoms with Crippen molar-refractivity contribution < 1.29 is 8.78 Å². The van der Waals surface area contributed by atoms with Crippen LogP contribution in [0, 0.1) is 11.6 Å². The molecule has 0 spiro atoms. The average Bonchev–Trinajstić information content (AvgIpc) is 2.34. The fraction of sp³-hybridized carbons (Fsp3) is 0.467. The highest BCUT2D eigenvalue weighted by atomic mass is 19.1. The smallest absolute Gasteiger partial charge is 0.130 e. The Morgan fingerprint density at radius 2 is 2.06 bits per heavy atom. The van der Waals surface area contributed by atoms with E-state index in [4.69, 9.17) is 0 Å². The van der Waals surface area contributed by atoms with Crippen molar-refractivity contribution in [3.8, 4) is 0 Å². The van der Waals surface area contributed by atoms with Gasteiger partial charge in [0.05, 0.1) is 0 Å². The summed E-state index contributed by atoms with van der Waals surface area (Å²) in [4.78, 5) is 0. The van der Waals surface area contributed by atoms with Crippen molar-refractivity contribution in [3.05, 3.63) is 47.5 Å². The first-order chi connectivity index (χ1) is 8.58. The van der Waals surface area contributed by atoms with E-state index in [9.17, 15) is 8.78 Å². The van der Waals surface area contributed by atoms with Crippen LogP contribution in [-0.4, -0.2) is 6.54 Å². The highest BCUT2D eigenvalue weighted by Crippen LogP contribution is 2.24. The zero-order valence-electron chi connectivity index (χ0n) is 11.1. The third-order valence-electron chi connectivity index (χ3n) is 2.97. The summed E-state index contributed by atoms with van der Waals surface area (Å²) in [6.07, 6.45) is 2.52. The summed E-state index contributed by atoms with van der Waals surface area (Å²) in [5.74, 6) is -1.03. The highest BCUT2D eigenvalue weighted by molar-refractivity contribution is 5.23. The van der Waals surface area contributed by atoms with Gasteiger partial charge in [0.15, 0.2) is 0 Å². The van der Waals surface area contributed by atoms with Crippen LogP contribution in [0.25, 0.3) is 0 Å². The molecule has 18 heavy (non-hydrogen) atoms. The second-order valence-electron chi connectivity index (χ2n) is 4.48. The fourth-order valence-electron chi connectivity index (χ4n) is 1.83. The molecule has 0 aliphatic heterocycles. The van der Waals surface area contributed by atoms with Crippen molar-refractivity contribution in [1.29, 1.82) is 0 Å². The quantitative estimate of drug-likeness (QED) is 0.712. The molecule has 0 heterocycles. The summed E-state index contributed by atoms with van der Waals surface area (Å²) in [5.41, 5.74) is 1.58. The third kappa shape index (κ3) is 4.22. The van der Waals surface area contributed by atoms with Crippen LogP contribution in [0.5, 0.6) is 0 Å². The molecule has 1 rings (SSSR count). The van der Waals surface area contributed by atoms with Gasteiger partial charge in [-0.2, -0.15) is 0 Å². The molecule has 1 aromatic carbocycles. The van der Waals surface area contributed by atoms with Gasteiger partial charge < -0.3 is 5.32 Å². The third-order valence-corrected chi connectivity index (χ3v) is 2.97. The molecule has 0 saturated heterocycles. The summed E-state index contributed by atoms with van der Waals surface area (Å²) >= 11 is 0. The van der Waals surface area contributed by atoms with Crippen molar-refractivity contribution in [3.63, 3.8) is 0 Å². The van der Waals surface area contributed by atoms with E-state index in [1.165, 1.54) is 12.1 Å². The fourth-order valence-corrected chi connectivity index (χ4v) is 1.83. The van der Waals surface area contributed by atoms with Gasteiger partial charge in [0.2, 0.25) is 0 Å². The van der Waals surface area contributed by atoms with Crippen molar-refractivity contribution in [1.82, 2.24) is 5.32 Å². The summed E-state index contributed by atoms with van der Waals surface area (Å²) in [5, 5.41) is 3.29. The van der Waals surface area contributed by atoms with Crippen molar-refractivity contribution in [2.75, 3.05) is 6.54 Å². The predicted molar refractivity (Wildman–Crippen MR) is 71.4 cm³/mol. The molecule has 1 unspecified atom stereocenters. The molecule has 0 radical (unpaired) electrons. The molecule has 1 aromatic rings. The summed E-state index contributed by atoms with van der Waals surface area (Å²) in [6, 6.07) is 3.62. The van der Waals surface area contributed by atoms with Crippen LogP contribution in [0.3, 0.4) is 0 Å². The second-order valence-corrected chi connectivity index (χ2v) is 4.48. The van der Waals surface area contributed by atoms with Gasteiger partial charge >= 0.3 is 0 Å². The Hall–Kier alpha value is -1.22. The van der Waals surface area contributed by atoms with Gasteiger partial charge in [-0.3, -0.25) is 0 Å². The van der Waals surface area contributed by atoms with Crippen molar-refractivity contribution >= 4 is 0 Å². The van der Waals surface area contributed by atoms with Crippen LogP contribution in [-0.2, 0) is 0 Å². The molecule has 0 saturated carbocycles. The molecule has 0 amide bonds. The molecule has 0 aliphatic carbocycles. The van der Waals surface area contributed by atoms with E-state index in [-0.39, 0.29) is 6.04 Å². The summed E-state index contributed by atoms with van der Waals surface area (Å²) in [6.45, 7) is 8.84. The van der Waals surface area contributed by atoms with Gasteiger partial charge in [-0.05, 0) is 31.9 Å². The molecule has 0 aliphatic rings. The minimum atomic E-state index is -0.542. The minimum absolute atomic E-state index is 0.127. The molecule has 1 nitrogen and oxygen atoms in total. The molecule has 100 valence electrons. The van der Waals surface area contributed by atoms with E-state index in [0.29, 0.717) is 12.0 Å². The van der Waals surface area contributed by atoms with E-state index in [0.717, 1.165) is 31.0 Å². The number of benzene rings is 1. The first kappa shape index (κ1) is 14.8. The molecular formula is C15H21F2N. The topological polar surface area (TPSA) is 12.0 Å². The highest BCUT2D eigenvalue weighted by Gasteiger charge is 2.16. The number of halogens is 2. The van der Waals surface area contributed by atoms with Gasteiger partial charge in [0.25, 0.3) is 0 Å². The molecule has 3 heteroatoms. The monoisotopic (exact) mass is 253 g/mol. The lowest BCUT2D eigenvalue weighted by atomic mass is 9.97. The predicted octanol–water partition coefficient (Wildman–Crippen LogP) is 4.36. The zero-order chi connectivity index (χ0) is 13.5. The molecule has 1 N–H and O–H groups in total. The van der Waals surface area contributed by atoms with E-state index >= 15 is 0 Å². The van der Waals surface area contributed by atoms with E-state index in [1.807, 2.05) is 6.92 Å². The Bertz CT molecular complexity index is 401. The molecule has 1 atom stereocenters. The van der Waals surface area contributed by atoms with Crippen molar-refractivity contribution in [2.45, 2.75) is 39.2 Å². The molecule has 0 bridgehead atoms. The lowest BCUT2D eigenvalue weighted by Crippen LogP contribution is -2.23. The van der Waals surface area contributed by atoms with E-state index in [1.54, 1.807) is 0 Å². The zero-order valence-corrected chi connectivity index (χ0v) is 11.1. The Morgan fingerprint density at radius 3 is 2.61 bits per heavy atom. The van der Waals surface area contributed by atoms with Gasteiger partial charge in [0.1, 0.15) is 11.6 Å². The van der Waals surface area contributed by atoms with Crippen LogP contribution < -0.4 is 5.32 Å². The Morgan fingerprint density at radius 1 is 1.33 bits per heavy atom. The van der Waals surface area contributed by atoms with Gasteiger partial charge in [-0.25, -0.2) is 8.78 Å². The Labute approximate surface area is 108 Å². The Kier molecular flexibility index (Phi) is 5.99. The van der Waals surface area contributed by atoms with Crippen LogP contribution in [0.4, 0.5) is 8.78 Å². The number of nitrogens with one attached hydrogen (secondary N) is 1. The lowest BCUT2D eigenvalue weighted by molar-refractivity contribution is 0.487. The number of hydrogen-bond acceptors (Lipinski definition) is 1. The largest absolute Gasteiger partial charge is 0.310 e. The van der Waals surface area contributed by atoms with E-state index < -0.39 is 11.6 Å². The van der Waals surface area contributed by atoms with Gasteiger partial charge in [-0.15, -0.1) is 0 Å². The minimum Gasteiger partial charge on any atom is -0.310 e. The van der Waals surface area contributed by atoms with Gasteiger partial charge in [-0.1, -0.05) is 32.1 Å². The standard InChI is InChI=1S/C15H21F2N/c1-4-8-18-15(9-11(3)5-2)13-7-6-12(16)10-14(13)17/h6-7,10,15,18H,3-5,8-9H2,1-2H3. The maximum atomic E-state index is 13.8. The molecule has 0 aromatic heterocycles. The normalized spacial score (nSPS) is 12.4. The first-order valence-corrected chi connectivity index (χ1v) is 6.43. The Balaban J connectivity index is 2.89. The lowest BCUT2D eigenvalue weighted by Gasteiger charge is -2.20. The van der Waals surface area contributed by atoms with Crippen LogP contribution >= 0.6 is 0 Å². The van der Waals surface area contributed by atoms with Crippen LogP contribution in [0.15, 0.2) is 30.4 Å². The number of hydrogen-bond donors (Lipinski definition) is 1. The average molecular weight is 253 g/mol. The summed E-state index contributed by atoms with van der Waals surface area (Å²) < 4.78 is 26.7. The second kappa shape index (κ2) is 7.27. The van der Waals surface area contributed by atoms with Crippen LogP contribution in [0.1, 0.15) is 44.7 Å². The maximum absolute atomic E-state index is 13.8. The number of rotatable bonds is 7. The van der Waals surface area contributed by atoms with Crippen molar-refractivity contribution in [2.24, 2.45) is 0 Å². The maximum Gasteiger partial charge on any atom is 0.130 e. The molecular weight excluding hydrogens is 232 g/mol. The van der Waals surface area contributed by atoms with E-state index in [2.05, 4.69) is 18.8 Å². The SMILES string of the molecule is C=C(CC)CC(NCCC)c1ccc(F)cc1F. The molecule has 0 fully saturated rings. The summed E-state index contributed by atoms with van der Waals surface area (Å²) in [7, 11) is 0. The first-order valence-electron chi connectivity index (χ1n) is 6.43.